The van der Waals surface area contributed by atoms with E-state index in [0.29, 0.717) is 35.3 Å². The Bertz CT molecular complexity index is 945. The van der Waals surface area contributed by atoms with Crippen molar-refractivity contribution in [3.8, 4) is 28.6 Å². The highest BCUT2D eigenvalue weighted by Crippen LogP contribution is 2.32. The van der Waals surface area contributed by atoms with Crippen LogP contribution in [0.4, 0.5) is 11.4 Å². The third kappa shape index (κ3) is 5.71. The van der Waals surface area contributed by atoms with Crippen LogP contribution < -0.4 is 15.8 Å². The van der Waals surface area contributed by atoms with Crippen LogP contribution >= 0.6 is 0 Å². The van der Waals surface area contributed by atoms with Crippen molar-refractivity contribution in [2.45, 2.75) is 40.2 Å². The van der Waals surface area contributed by atoms with Crippen LogP contribution in [0.5, 0.6) is 5.75 Å². The molecular formula is C22H30N4O3. The van der Waals surface area contributed by atoms with Crippen LogP contribution in [-0.4, -0.2) is 34.5 Å². The molecule has 29 heavy (non-hydrogen) atoms. The number of benzene rings is 2. The number of aromatic nitrogens is 2. The monoisotopic (exact) mass is 398 g/mol. The topological polar surface area (TPSA) is 106 Å². The molecular weight excluding hydrogens is 368 g/mol. The number of hydrogen-bond acceptors (Lipinski definition) is 7. The maximum absolute atomic E-state index is 9.83. The van der Waals surface area contributed by atoms with Crippen LogP contribution in [0.15, 0.2) is 40.9 Å². The fourth-order valence-corrected chi connectivity index (χ4v) is 2.61. The molecule has 0 spiro atoms. The van der Waals surface area contributed by atoms with Gasteiger partial charge in [0.1, 0.15) is 5.75 Å². The van der Waals surface area contributed by atoms with Gasteiger partial charge in [-0.2, -0.15) is 4.98 Å². The fourth-order valence-electron chi connectivity index (χ4n) is 2.61. The Balaban J connectivity index is 0.00000145. The number of anilines is 2. The van der Waals surface area contributed by atoms with E-state index in [-0.39, 0.29) is 0 Å². The summed E-state index contributed by atoms with van der Waals surface area (Å²) in [5.74, 6) is 1.50. The van der Waals surface area contributed by atoms with Gasteiger partial charge in [-0.25, -0.2) is 0 Å². The number of nitrogen functional groups attached to an aromatic ring is 1. The van der Waals surface area contributed by atoms with Gasteiger partial charge in [0.2, 0.25) is 5.82 Å². The molecule has 1 heterocycles. The fraction of sp³-hybridized carbons (Fsp3) is 0.364. The third-order valence-corrected chi connectivity index (χ3v) is 4.03. The number of hydrogen-bond donors (Lipinski definition) is 3. The summed E-state index contributed by atoms with van der Waals surface area (Å²) in [7, 11) is 1.61. The summed E-state index contributed by atoms with van der Waals surface area (Å²) in [4.78, 5) is 4.48. The lowest BCUT2D eigenvalue weighted by Gasteiger charge is -2.19. The van der Waals surface area contributed by atoms with Crippen molar-refractivity contribution >= 4 is 11.4 Å². The van der Waals surface area contributed by atoms with E-state index in [9.17, 15) is 5.11 Å². The molecule has 0 aliphatic carbocycles. The predicted molar refractivity (Wildman–Crippen MR) is 117 cm³/mol. The molecule has 0 aliphatic heterocycles. The first-order chi connectivity index (χ1) is 13.8. The smallest absolute Gasteiger partial charge is 0.258 e. The summed E-state index contributed by atoms with van der Waals surface area (Å²) in [5.41, 5.74) is 9.11. The van der Waals surface area contributed by atoms with Crippen LogP contribution in [0.1, 0.15) is 33.3 Å². The van der Waals surface area contributed by atoms with Gasteiger partial charge >= 0.3 is 0 Å². The molecule has 4 N–H and O–H groups in total. The van der Waals surface area contributed by atoms with Crippen molar-refractivity contribution in [1.82, 2.24) is 10.1 Å². The summed E-state index contributed by atoms with van der Waals surface area (Å²) in [6.07, 6.45) is 0. The van der Waals surface area contributed by atoms with E-state index in [4.69, 9.17) is 15.0 Å². The first-order valence-electron chi connectivity index (χ1n) is 9.62. The number of rotatable bonds is 6. The van der Waals surface area contributed by atoms with E-state index in [1.165, 1.54) is 0 Å². The van der Waals surface area contributed by atoms with Crippen molar-refractivity contribution in [1.29, 1.82) is 0 Å². The number of nitrogens with one attached hydrogen (secondary N) is 1. The molecule has 7 nitrogen and oxygen atoms in total. The van der Waals surface area contributed by atoms with E-state index in [2.05, 4.69) is 15.5 Å². The third-order valence-electron chi connectivity index (χ3n) is 4.03. The lowest BCUT2D eigenvalue weighted by Crippen LogP contribution is -2.29. The zero-order valence-corrected chi connectivity index (χ0v) is 17.9. The number of aliphatic hydroxyl groups is 1. The molecule has 0 bridgehead atoms. The van der Waals surface area contributed by atoms with Gasteiger partial charge in [0.15, 0.2) is 0 Å². The first-order valence-corrected chi connectivity index (χ1v) is 9.62. The van der Waals surface area contributed by atoms with E-state index in [0.717, 1.165) is 16.8 Å². The molecule has 0 radical (unpaired) electrons. The van der Waals surface area contributed by atoms with Gasteiger partial charge in [0.25, 0.3) is 5.89 Å². The normalized spacial score (nSPS) is 10.9. The number of ether oxygens (including phenoxy) is 1. The van der Waals surface area contributed by atoms with Gasteiger partial charge in [-0.15, -0.1) is 0 Å². The van der Waals surface area contributed by atoms with E-state index in [1.807, 2.05) is 51.1 Å². The average molecular weight is 399 g/mol. The number of aryl methyl sites for hydroxylation is 1. The Hall–Kier alpha value is -3.06. The zero-order valence-electron chi connectivity index (χ0n) is 17.9. The highest BCUT2D eigenvalue weighted by atomic mass is 16.5. The van der Waals surface area contributed by atoms with Crippen molar-refractivity contribution in [3.63, 3.8) is 0 Å². The highest BCUT2D eigenvalue weighted by molar-refractivity contribution is 5.74. The van der Waals surface area contributed by atoms with Crippen molar-refractivity contribution in [2.75, 3.05) is 24.7 Å². The number of nitrogens with two attached hydrogens (primary N) is 1. The minimum Gasteiger partial charge on any atom is -0.496 e. The van der Waals surface area contributed by atoms with Crippen LogP contribution in [0.3, 0.4) is 0 Å². The summed E-state index contributed by atoms with van der Waals surface area (Å²) in [6.45, 7) is 9.83. The lowest BCUT2D eigenvalue weighted by molar-refractivity contribution is 0.0945. The lowest BCUT2D eigenvalue weighted by atomic mass is 10.1. The highest BCUT2D eigenvalue weighted by Gasteiger charge is 2.16. The maximum Gasteiger partial charge on any atom is 0.258 e. The van der Waals surface area contributed by atoms with E-state index < -0.39 is 5.60 Å². The second-order valence-corrected chi connectivity index (χ2v) is 7.09. The largest absolute Gasteiger partial charge is 0.496 e. The van der Waals surface area contributed by atoms with Crippen LogP contribution in [0.25, 0.3) is 22.8 Å². The standard InChI is InChI=1S/C20H24N4O3.C2H6/c1-12-5-8-17(26-4)14(9-12)18-23-19(27-24-18)13-6-7-16(15(21)10-13)22-11-20(2,3)25;1-2/h5-10,22,25H,11,21H2,1-4H3;1-2H3. The Morgan fingerprint density at radius 2 is 1.90 bits per heavy atom. The molecule has 0 unspecified atom stereocenters. The quantitative estimate of drug-likeness (QED) is 0.524. The molecule has 0 aliphatic rings. The minimum absolute atomic E-state index is 0.370. The summed E-state index contributed by atoms with van der Waals surface area (Å²) < 4.78 is 10.8. The minimum atomic E-state index is -0.834. The zero-order chi connectivity index (χ0) is 21.6. The van der Waals surface area contributed by atoms with Crippen molar-refractivity contribution < 1.29 is 14.4 Å². The van der Waals surface area contributed by atoms with Gasteiger partial charge in [-0.1, -0.05) is 30.6 Å². The summed E-state index contributed by atoms with van der Waals surface area (Å²) in [5, 5.41) is 17.0. The summed E-state index contributed by atoms with van der Waals surface area (Å²) in [6, 6.07) is 11.2. The average Bonchev–Trinajstić information content (AvgIpc) is 3.18. The number of methoxy groups -OCH3 is 1. The molecule has 3 aromatic rings. The van der Waals surface area contributed by atoms with Gasteiger partial charge in [0, 0.05) is 12.1 Å². The first kappa shape index (κ1) is 22.2. The predicted octanol–water partition coefficient (Wildman–Crippen LogP) is 4.51. The van der Waals surface area contributed by atoms with Crippen LogP contribution in [0, 0.1) is 6.92 Å². The molecule has 2 aromatic carbocycles. The molecule has 3 rings (SSSR count). The molecule has 0 saturated heterocycles. The van der Waals surface area contributed by atoms with E-state index in [1.54, 1.807) is 27.0 Å². The molecule has 156 valence electrons. The molecule has 0 amide bonds. The van der Waals surface area contributed by atoms with Crippen molar-refractivity contribution in [2.24, 2.45) is 0 Å². The van der Waals surface area contributed by atoms with Gasteiger partial charge in [0.05, 0.1) is 29.6 Å². The SMILES string of the molecule is CC.COc1ccc(C)cc1-c1noc(-c2ccc(NCC(C)(C)O)c(N)c2)n1. The molecule has 0 atom stereocenters. The Labute approximate surface area is 171 Å². The summed E-state index contributed by atoms with van der Waals surface area (Å²) >= 11 is 0. The maximum atomic E-state index is 9.83. The molecule has 1 aromatic heterocycles. The molecule has 0 saturated carbocycles. The van der Waals surface area contributed by atoms with Crippen molar-refractivity contribution in [3.05, 3.63) is 42.0 Å². The Kier molecular flexibility index (Phi) is 7.23. The Morgan fingerprint density at radius 3 is 2.52 bits per heavy atom. The number of nitrogens with zero attached hydrogens (tertiary/aromatic N) is 2. The van der Waals surface area contributed by atoms with Gasteiger partial charge in [-0.05, 0) is 51.1 Å². The van der Waals surface area contributed by atoms with Gasteiger partial charge in [-0.3, -0.25) is 0 Å². The van der Waals surface area contributed by atoms with Crippen LogP contribution in [0.2, 0.25) is 0 Å². The van der Waals surface area contributed by atoms with Crippen LogP contribution in [-0.2, 0) is 0 Å². The van der Waals surface area contributed by atoms with E-state index >= 15 is 0 Å². The molecule has 7 heteroatoms. The second kappa shape index (κ2) is 9.43. The Morgan fingerprint density at radius 1 is 1.17 bits per heavy atom. The molecule has 0 fully saturated rings. The van der Waals surface area contributed by atoms with Gasteiger partial charge < -0.3 is 25.4 Å². The second-order valence-electron chi connectivity index (χ2n) is 7.09.